The lowest BCUT2D eigenvalue weighted by atomic mass is 10.2. The van der Waals surface area contributed by atoms with Gasteiger partial charge >= 0.3 is 0 Å². The second-order valence-corrected chi connectivity index (χ2v) is 7.01. The Hall–Kier alpha value is -2.74. The van der Waals surface area contributed by atoms with Gasteiger partial charge in [-0.15, -0.1) is 0 Å². The molecule has 1 amide bonds. The first-order valence-electron chi connectivity index (χ1n) is 8.60. The molecule has 0 aliphatic carbocycles. The molecule has 2 heterocycles. The number of hydrogen-bond donors (Lipinski definition) is 2. The minimum absolute atomic E-state index is 0.119. The molecule has 0 aliphatic heterocycles. The fraction of sp³-hybridized carbons (Fsp3) is 0.263. The number of carbonyl (C=O) groups excluding carboxylic acids is 1. The van der Waals surface area contributed by atoms with E-state index in [1.807, 2.05) is 51.1 Å². The first-order valence-corrected chi connectivity index (χ1v) is 9.39. The van der Waals surface area contributed by atoms with Crippen LogP contribution in [0.5, 0.6) is 0 Å². The van der Waals surface area contributed by atoms with Gasteiger partial charge in [0.05, 0.1) is 11.3 Å². The standard InChI is InChI=1S/C19H21BrN6O/c1-12-10-13(2)26(25-12)18-11-17(23-14(3)24-18)21-8-9-22-19(27)15-6-4-5-7-16(15)20/h4-7,10-11H,8-9H2,1-3H3,(H,22,27)(H,21,23,24). The number of hydrogen-bond acceptors (Lipinski definition) is 5. The maximum Gasteiger partial charge on any atom is 0.252 e. The highest BCUT2D eigenvalue weighted by molar-refractivity contribution is 9.10. The zero-order valence-electron chi connectivity index (χ0n) is 15.5. The highest BCUT2D eigenvalue weighted by Gasteiger charge is 2.10. The van der Waals surface area contributed by atoms with Crippen LogP contribution in [0.4, 0.5) is 5.82 Å². The topological polar surface area (TPSA) is 84.7 Å². The molecule has 27 heavy (non-hydrogen) atoms. The predicted molar refractivity (Wildman–Crippen MR) is 108 cm³/mol. The van der Waals surface area contributed by atoms with Crippen LogP contribution in [0.3, 0.4) is 0 Å². The third-order valence-electron chi connectivity index (χ3n) is 3.89. The Morgan fingerprint density at radius 1 is 1.11 bits per heavy atom. The van der Waals surface area contributed by atoms with Crippen LogP contribution >= 0.6 is 15.9 Å². The quantitative estimate of drug-likeness (QED) is 0.588. The van der Waals surface area contributed by atoms with Gasteiger partial charge in [0, 0.05) is 29.3 Å². The average molecular weight is 429 g/mol. The Labute approximate surface area is 166 Å². The molecule has 7 nitrogen and oxygen atoms in total. The Morgan fingerprint density at radius 3 is 2.59 bits per heavy atom. The highest BCUT2D eigenvalue weighted by Crippen LogP contribution is 2.16. The fourth-order valence-electron chi connectivity index (χ4n) is 2.72. The lowest BCUT2D eigenvalue weighted by molar-refractivity contribution is 0.0954. The van der Waals surface area contributed by atoms with Gasteiger partial charge < -0.3 is 10.6 Å². The molecule has 0 atom stereocenters. The maximum absolute atomic E-state index is 12.2. The molecule has 0 spiro atoms. The van der Waals surface area contributed by atoms with Crippen LogP contribution < -0.4 is 10.6 Å². The van der Waals surface area contributed by atoms with Crippen molar-refractivity contribution in [2.75, 3.05) is 18.4 Å². The number of amides is 1. The average Bonchev–Trinajstić information content (AvgIpc) is 2.97. The third kappa shape index (κ3) is 4.71. The molecule has 0 unspecified atom stereocenters. The number of nitrogens with one attached hydrogen (secondary N) is 2. The van der Waals surface area contributed by atoms with E-state index in [9.17, 15) is 4.79 Å². The van der Waals surface area contributed by atoms with Crippen molar-refractivity contribution < 1.29 is 4.79 Å². The molecule has 3 aromatic rings. The molecular weight excluding hydrogens is 408 g/mol. The number of aromatic nitrogens is 4. The van der Waals surface area contributed by atoms with E-state index < -0.39 is 0 Å². The number of anilines is 1. The molecule has 140 valence electrons. The van der Waals surface area contributed by atoms with Crippen LogP contribution in [0.15, 0.2) is 40.9 Å². The van der Waals surface area contributed by atoms with Crippen LogP contribution in [0.1, 0.15) is 27.6 Å². The van der Waals surface area contributed by atoms with E-state index in [0.717, 1.165) is 15.9 Å². The molecular formula is C19H21BrN6O. The lowest BCUT2D eigenvalue weighted by Gasteiger charge is -2.11. The van der Waals surface area contributed by atoms with Gasteiger partial charge in [0.15, 0.2) is 5.82 Å². The SMILES string of the molecule is Cc1cc(C)n(-c2cc(NCCNC(=O)c3ccccc3Br)nc(C)n2)n1. The largest absolute Gasteiger partial charge is 0.368 e. The summed E-state index contributed by atoms with van der Waals surface area (Å²) in [5.74, 6) is 1.94. The first kappa shape index (κ1) is 19.0. The summed E-state index contributed by atoms with van der Waals surface area (Å²) in [6.07, 6.45) is 0. The molecule has 2 aromatic heterocycles. The van der Waals surface area contributed by atoms with Gasteiger partial charge in [0.25, 0.3) is 5.91 Å². The molecule has 0 aliphatic rings. The van der Waals surface area contributed by atoms with Crippen molar-refractivity contribution in [2.24, 2.45) is 0 Å². The van der Waals surface area contributed by atoms with E-state index in [4.69, 9.17) is 0 Å². The number of carbonyl (C=O) groups is 1. The van der Waals surface area contributed by atoms with E-state index in [-0.39, 0.29) is 5.91 Å². The van der Waals surface area contributed by atoms with E-state index in [0.29, 0.717) is 36.1 Å². The normalized spacial score (nSPS) is 10.7. The maximum atomic E-state index is 12.2. The summed E-state index contributed by atoms with van der Waals surface area (Å²) in [4.78, 5) is 21.1. The smallest absolute Gasteiger partial charge is 0.252 e. The Morgan fingerprint density at radius 2 is 1.89 bits per heavy atom. The van der Waals surface area contributed by atoms with E-state index in [1.165, 1.54) is 0 Å². The molecule has 1 aromatic carbocycles. The van der Waals surface area contributed by atoms with Crippen molar-refractivity contribution in [1.82, 2.24) is 25.1 Å². The van der Waals surface area contributed by atoms with Crippen molar-refractivity contribution in [3.05, 3.63) is 63.6 Å². The molecule has 0 bridgehead atoms. The monoisotopic (exact) mass is 428 g/mol. The van der Waals surface area contributed by atoms with Crippen LogP contribution in [-0.2, 0) is 0 Å². The Balaban J connectivity index is 1.61. The Kier molecular flexibility index (Phi) is 5.85. The fourth-order valence-corrected chi connectivity index (χ4v) is 3.18. The molecule has 0 saturated carbocycles. The Bertz CT molecular complexity index is 969. The molecule has 3 rings (SSSR count). The number of benzene rings is 1. The van der Waals surface area contributed by atoms with Crippen LogP contribution in [0, 0.1) is 20.8 Å². The van der Waals surface area contributed by atoms with Gasteiger partial charge in [-0.3, -0.25) is 4.79 Å². The molecule has 0 saturated heterocycles. The van der Waals surface area contributed by atoms with Gasteiger partial charge in [-0.05, 0) is 54.9 Å². The van der Waals surface area contributed by atoms with Crippen LogP contribution in [0.25, 0.3) is 5.82 Å². The molecule has 0 fully saturated rings. The summed E-state index contributed by atoms with van der Waals surface area (Å²) in [5.41, 5.74) is 2.56. The van der Waals surface area contributed by atoms with Gasteiger partial charge in [-0.2, -0.15) is 5.10 Å². The van der Waals surface area contributed by atoms with Gasteiger partial charge in [0.1, 0.15) is 11.6 Å². The van der Waals surface area contributed by atoms with Crippen LogP contribution in [0.2, 0.25) is 0 Å². The molecule has 2 N–H and O–H groups in total. The van der Waals surface area contributed by atoms with E-state index in [1.54, 1.807) is 10.7 Å². The van der Waals surface area contributed by atoms with Crippen molar-refractivity contribution in [2.45, 2.75) is 20.8 Å². The van der Waals surface area contributed by atoms with Gasteiger partial charge in [-0.1, -0.05) is 12.1 Å². The lowest BCUT2D eigenvalue weighted by Crippen LogP contribution is -2.29. The van der Waals surface area contributed by atoms with E-state index in [2.05, 4.69) is 41.6 Å². The third-order valence-corrected chi connectivity index (χ3v) is 4.58. The summed E-state index contributed by atoms with van der Waals surface area (Å²) in [5, 5.41) is 10.6. The second-order valence-electron chi connectivity index (χ2n) is 6.16. The minimum Gasteiger partial charge on any atom is -0.368 e. The number of halogens is 1. The first-order chi connectivity index (χ1) is 12.9. The summed E-state index contributed by atoms with van der Waals surface area (Å²) < 4.78 is 2.57. The predicted octanol–water partition coefficient (Wildman–Crippen LogP) is 3.19. The van der Waals surface area contributed by atoms with Crippen molar-refractivity contribution in [3.8, 4) is 5.82 Å². The summed E-state index contributed by atoms with van der Waals surface area (Å²) in [6, 6.07) is 11.2. The summed E-state index contributed by atoms with van der Waals surface area (Å²) >= 11 is 3.39. The minimum atomic E-state index is -0.119. The highest BCUT2D eigenvalue weighted by atomic mass is 79.9. The number of rotatable bonds is 6. The van der Waals surface area contributed by atoms with E-state index >= 15 is 0 Å². The molecule has 0 radical (unpaired) electrons. The zero-order valence-corrected chi connectivity index (χ0v) is 17.0. The number of nitrogens with zero attached hydrogens (tertiary/aromatic N) is 4. The summed E-state index contributed by atoms with van der Waals surface area (Å²) in [7, 11) is 0. The molecule has 8 heteroatoms. The van der Waals surface area contributed by atoms with Gasteiger partial charge in [0.2, 0.25) is 0 Å². The second kappa shape index (κ2) is 8.30. The zero-order chi connectivity index (χ0) is 19.4. The van der Waals surface area contributed by atoms with Crippen LogP contribution in [-0.4, -0.2) is 38.7 Å². The van der Waals surface area contributed by atoms with Crippen molar-refractivity contribution >= 4 is 27.7 Å². The van der Waals surface area contributed by atoms with Crippen molar-refractivity contribution in [1.29, 1.82) is 0 Å². The van der Waals surface area contributed by atoms with Gasteiger partial charge in [-0.25, -0.2) is 14.6 Å². The van der Waals surface area contributed by atoms with Crippen molar-refractivity contribution in [3.63, 3.8) is 0 Å². The summed E-state index contributed by atoms with van der Waals surface area (Å²) in [6.45, 7) is 6.79. The number of aryl methyl sites for hydroxylation is 3.